The molecule has 3 amide bonds. The predicted octanol–water partition coefficient (Wildman–Crippen LogP) is 3.85. The van der Waals surface area contributed by atoms with Crippen LogP contribution in [0.3, 0.4) is 0 Å². The summed E-state index contributed by atoms with van der Waals surface area (Å²) in [6.07, 6.45) is 0. The van der Waals surface area contributed by atoms with Gasteiger partial charge in [0.2, 0.25) is 0 Å². The van der Waals surface area contributed by atoms with Crippen molar-refractivity contribution in [3.05, 3.63) is 59.4 Å². The average molecular weight is 386 g/mol. The van der Waals surface area contributed by atoms with Gasteiger partial charge in [-0.3, -0.25) is 4.79 Å². The summed E-state index contributed by atoms with van der Waals surface area (Å²) in [5.74, 6) is -0.535. The van der Waals surface area contributed by atoms with Gasteiger partial charge < -0.3 is 20.9 Å². The third-order valence-corrected chi connectivity index (χ3v) is 4.53. The molecule has 2 rings (SSSR count). The molecule has 0 unspecified atom stereocenters. The van der Waals surface area contributed by atoms with Crippen molar-refractivity contribution >= 4 is 23.3 Å². The molecule has 28 heavy (non-hydrogen) atoms. The summed E-state index contributed by atoms with van der Waals surface area (Å²) in [4.78, 5) is 26.5. The molecule has 150 valence electrons. The monoisotopic (exact) mass is 386 g/mol. The zero-order valence-electron chi connectivity index (χ0n) is 16.5. The Bertz CT molecular complexity index is 805. The number of carbonyl (C=O) groups is 2. The molecule has 3 N–H and O–H groups in total. The number of urea groups is 1. The van der Waals surface area contributed by atoms with Crippen LogP contribution in [0, 0.1) is 12.7 Å². The first-order valence-electron chi connectivity index (χ1n) is 9.38. The number of hydrogen-bond acceptors (Lipinski definition) is 3. The fourth-order valence-corrected chi connectivity index (χ4v) is 2.70. The van der Waals surface area contributed by atoms with Crippen LogP contribution in [0.1, 0.15) is 29.8 Å². The van der Waals surface area contributed by atoms with E-state index < -0.39 is 6.03 Å². The minimum Gasteiger partial charge on any atom is -0.351 e. The number of hydrogen-bond donors (Lipinski definition) is 3. The molecule has 0 bridgehead atoms. The van der Waals surface area contributed by atoms with Crippen LogP contribution in [0.2, 0.25) is 0 Å². The van der Waals surface area contributed by atoms with Crippen LogP contribution in [0.25, 0.3) is 0 Å². The molecule has 2 aromatic rings. The number of nitrogens with zero attached hydrogens (tertiary/aromatic N) is 1. The van der Waals surface area contributed by atoms with Crippen LogP contribution in [0.15, 0.2) is 42.5 Å². The summed E-state index contributed by atoms with van der Waals surface area (Å²) in [7, 11) is 0. The molecule has 0 fully saturated rings. The Morgan fingerprint density at radius 3 is 2.32 bits per heavy atom. The molecule has 0 atom stereocenters. The molecule has 2 aromatic carbocycles. The second-order valence-electron chi connectivity index (χ2n) is 6.35. The zero-order chi connectivity index (χ0) is 20.5. The molecule has 7 heteroatoms. The van der Waals surface area contributed by atoms with E-state index in [0.29, 0.717) is 29.0 Å². The van der Waals surface area contributed by atoms with Crippen LogP contribution in [-0.2, 0) is 0 Å². The molecule has 0 aliphatic heterocycles. The minimum absolute atomic E-state index is 0.154. The molecule has 0 saturated carbocycles. The first kappa shape index (κ1) is 21.4. The lowest BCUT2D eigenvalue weighted by molar-refractivity contribution is 0.0949. The van der Waals surface area contributed by atoms with Crippen LogP contribution in [0.4, 0.5) is 20.6 Å². The van der Waals surface area contributed by atoms with Gasteiger partial charge in [0.1, 0.15) is 5.82 Å². The van der Waals surface area contributed by atoms with E-state index in [2.05, 4.69) is 34.7 Å². The maximum absolute atomic E-state index is 13.5. The molecular weight excluding hydrogens is 359 g/mol. The van der Waals surface area contributed by atoms with E-state index in [-0.39, 0.29) is 11.7 Å². The lowest BCUT2D eigenvalue weighted by Crippen LogP contribution is -2.34. The largest absolute Gasteiger partial charge is 0.351 e. The minimum atomic E-state index is -0.481. The number of anilines is 2. The molecule has 0 aromatic heterocycles. The van der Waals surface area contributed by atoms with Crippen molar-refractivity contribution in [1.82, 2.24) is 10.2 Å². The van der Waals surface area contributed by atoms with Crippen LogP contribution in [-0.4, -0.2) is 43.0 Å². The Hall–Kier alpha value is -2.93. The Balaban J connectivity index is 1.87. The Morgan fingerprint density at radius 2 is 1.68 bits per heavy atom. The maximum atomic E-state index is 13.5. The number of rotatable bonds is 8. The molecule has 0 spiro atoms. The van der Waals surface area contributed by atoms with E-state index in [4.69, 9.17) is 0 Å². The highest BCUT2D eigenvalue weighted by Gasteiger charge is 2.09. The van der Waals surface area contributed by atoms with E-state index in [1.165, 1.54) is 12.1 Å². The third-order valence-electron chi connectivity index (χ3n) is 4.53. The van der Waals surface area contributed by atoms with Crippen molar-refractivity contribution in [2.45, 2.75) is 20.8 Å². The second-order valence-corrected chi connectivity index (χ2v) is 6.35. The number of nitrogens with one attached hydrogen (secondary N) is 3. The SMILES string of the molecule is CCN(CC)CCNC(=O)c1ccc(NC(=O)Nc2cccc(F)c2C)cc1. The second kappa shape index (κ2) is 10.4. The zero-order valence-corrected chi connectivity index (χ0v) is 16.5. The number of benzene rings is 2. The van der Waals surface area contributed by atoms with E-state index in [9.17, 15) is 14.0 Å². The van der Waals surface area contributed by atoms with E-state index in [0.717, 1.165) is 19.6 Å². The van der Waals surface area contributed by atoms with Crippen molar-refractivity contribution in [2.75, 3.05) is 36.8 Å². The normalized spacial score (nSPS) is 10.6. The van der Waals surface area contributed by atoms with Crippen molar-refractivity contribution in [2.24, 2.45) is 0 Å². The molecular formula is C21H27FN4O2. The van der Waals surface area contributed by atoms with Gasteiger partial charge in [-0.15, -0.1) is 0 Å². The van der Waals surface area contributed by atoms with Gasteiger partial charge in [0.15, 0.2) is 0 Å². The molecule has 0 radical (unpaired) electrons. The van der Waals surface area contributed by atoms with Gasteiger partial charge in [0.05, 0.1) is 0 Å². The Kier molecular flexibility index (Phi) is 7.95. The quantitative estimate of drug-likeness (QED) is 0.645. The first-order chi connectivity index (χ1) is 13.4. The Labute approximate surface area is 165 Å². The molecule has 0 aliphatic carbocycles. The van der Waals surface area contributed by atoms with Gasteiger partial charge >= 0.3 is 6.03 Å². The van der Waals surface area contributed by atoms with Gasteiger partial charge in [-0.05, 0) is 56.4 Å². The fraction of sp³-hybridized carbons (Fsp3) is 0.333. The number of carbonyl (C=O) groups excluding carboxylic acids is 2. The van der Waals surface area contributed by atoms with Gasteiger partial charge in [-0.25, -0.2) is 9.18 Å². The van der Waals surface area contributed by atoms with Crippen molar-refractivity contribution in [3.63, 3.8) is 0 Å². The van der Waals surface area contributed by atoms with Crippen LogP contribution >= 0.6 is 0 Å². The standard InChI is InChI=1S/C21H27FN4O2/c1-4-26(5-2)14-13-23-20(27)16-9-11-17(12-10-16)24-21(28)25-19-8-6-7-18(22)15(19)3/h6-12H,4-5,13-14H2,1-3H3,(H,23,27)(H2,24,25,28). The van der Waals surface area contributed by atoms with Gasteiger partial charge in [0.25, 0.3) is 5.91 Å². The fourth-order valence-electron chi connectivity index (χ4n) is 2.70. The summed E-state index contributed by atoms with van der Waals surface area (Å²) in [5, 5.41) is 8.16. The summed E-state index contributed by atoms with van der Waals surface area (Å²) in [6, 6.07) is 10.6. The van der Waals surface area contributed by atoms with Crippen molar-refractivity contribution in [3.8, 4) is 0 Å². The predicted molar refractivity (Wildman–Crippen MR) is 110 cm³/mol. The lowest BCUT2D eigenvalue weighted by Gasteiger charge is -2.18. The summed E-state index contributed by atoms with van der Waals surface area (Å²) >= 11 is 0. The van der Waals surface area contributed by atoms with Crippen LogP contribution < -0.4 is 16.0 Å². The summed E-state index contributed by atoms with van der Waals surface area (Å²) in [6.45, 7) is 9.05. The molecule has 0 aliphatic rings. The highest BCUT2D eigenvalue weighted by atomic mass is 19.1. The van der Waals surface area contributed by atoms with Crippen LogP contribution in [0.5, 0.6) is 0 Å². The van der Waals surface area contributed by atoms with E-state index in [1.54, 1.807) is 37.3 Å². The lowest BCUT2D eigenvalue weighted by atomic mass is 10.2. The number of halogens is 1. The maximum Gasteiger partial charge on any atom is 0.323 e. The average Bonchev–Trinajstić information content (AvgIpc) is 2.69. The smallest absolute Gasteiger partial charge is 0.323 e. The topological polar surface area (TPSA) is 73.5 Å². The first-order valence-corrected chi connectivity index (χ1v) is 9.38. The molecule has 0 saturated heterocycles. The van der Waals surface area contributed by atoms with Gasteiger partial charge in [-0.2, -0.15) is 0 Å². The summed E-state index contributed by atoms with van der Waals surface area (Å²) in [5.41, 5.74) is 1.83. The van der Waals surface area contributed by atoms with Crippen molar-refractivity contribution in [1.29, 1.82) is 0 Å². The van der Waals surface area contributed by atoms with E-state index in [1.807, 2.05) is 0 Å². The summed E-state index contributed by atoms with van der Waals surface area (Å²) < 4.78 is 13.5. The molecule has 0 heterocycles. The number of amides is 3. The van der Waals surface area contributed by atoms with Gasteiger partial charge in [0, 0.05) is 35.6 Å². The third kappa shape index (κ3) is 6.06. The highest BCUT2D eigenvalue weighted by Crippen LogP contribution is 2.18. The number of likely N-dealkylation sites (N-methyl/N-ethyl adjacent to an activating group) is 1. The van der Waals surface area contributed by atoms with Crippen molar-refractivity contribution < 1.29 is 14.0 Å². The molecule has 6 nitrogen and oxygen atoms in total. The van der Waals surface area contributed by atoms with E-state index >= 15 is 0 Å². The Morgan fingerprint density at radius 1 is 1.00 bits per heavy atom. The highest BCUT2D eigenvalue weighted by molar-refractivity contribution is 6.00. The van der Waals surface area contributed by atoms with Gasteiger partial charge in [-0.1, -0.05) is 19.9 Å².